The number of amides is 1. The van der Waals surface area contributed by atoms with Crippen LogP contribution in [0, 0.1) is 6.92 Å². The fourth-order valence-corrected chi connectivity index (χ4v) is 4.11. The van der Waals surface area contributed by atoms with Crippen LogP contribution in [0.2, 0.25) is 0 Å². The highest BCUT2D eigenvalue weighted by Gasteiger charge is 2.21. The maximum absolute atomic E-state index is 13.2. The highest BCUT2D eigenvalue weighted by molar-refractivity contribution is 7.88. The molecule has 0 aliphatic rings. The highest BCUT2D eigenvalue weighted by atomic mass is 32.2. The normalized spacial score (nSPS) is 11.5. The lowest BCUT2D eigenvalue weighted by molar-refractivity contribution is 0.0987. The van der Waals surface area contributed by atoms with Crippen molar-refractivity contribution >= 4 is 33.0 Å². The SMILES string of the molecule is Cc1ccc(N(Cc2ccco2)C(=O)c2ccc(CCNS(C)(=O)=O)s2)cc1. The van der Waals surface area contributed by atoms with Crippen LogP contribution in [0.15, 0.2) is 59.2 Å². The second kappa shape index (κ2) is 8.72. The second-order valence-corrected chi connectivity index (χ2v) is 9.49. The summed E-state index contributed by atoms with van der Waals surface area (Å²) in [5.74, 6) is 0.579. The third-order valence-corrected chi connectivity index (χ3v) is 5.95. The van der Waals surface area contributed by atoms with Gasteiger partial charge in [-0.3, -0.25) is 4.79 Å². The van der Waals surface area contributed by atoms with Gasteiger partial charge in [0.05, 0.1) is 23.9 Å². The van der Waals surface area contributed by atoms with Gasteiger partial charge in [-0.25, -0.2) is 13.1 Å². The van der Waals surface area contributed by atoms with Crippen molar-refractivity contribution < 1.29 is 17.6 Å². The van der Waals surface area contributed by atoms with Crippen LogP contribution in [0.4, 0.5) is 5.69 Å². The van der Waals surface area contributed by atoms with E-state index in [1.54, 1.807) is 23.3 Å². The van der Waals surface area contributed by atoms with Crippen LogP contribution in [0.25, 0.3) is 0 Å². The van der Waals surface area contributed by atoms with Crippen LogP contribution in [-0.2, 0) is 23.0 Å². The Hall–Kier alpha value is -2.42. The zero-order valence-electron chi connectivity index (χ0n) is 15.7. The molecule has 1 amide bonds. The first kappa shape index (κ1) is 20.3. The Labute approximate surface area is 168 Å². The molecular weight excluding hydrogens is 396 g/mol. The van der Waals surface area contributed by atoms with Crippen molar-refractivity contribution in [3.63, 3.8) is 0 Å². The minimum Gasteiger partial charge on any atom is -0.467 e. The molecular formula is C20H22N2O4S2. The molecule has 0 saturated heterocycles. The molecule has 0 spiro atoms. The summed E-state index contributed by atoms with van der Waals surface area (Å²) in [7, 11) is -3.22. The molecule has 2 aromatic heterocycles. The lowest BCUT2D eigenvalue weighted by Gasteiger charge is -2.21. The predicted molar refractivity (Wildman–Crippen MR) is 111 cm³/mol. The van der Waals surface area contributed by atoms with Crippen molar-refractivity contribution in [2.75, 3.05) is 17.7 Å². The van der Waals surface area contributed by atoms with Crippen molar-refractivity contribution in [3.05, 3.63) is 75.9 Å². The van der Waals surface area contributed by atoms with E-state index in [0.29, 0.717) is 30.1 Å². The van der Waals surface area contributed by atoms with Crippen molar-refractivity contribution in [2.45, 2.75) is 19.9 Å². The van der Waals surface area contributed by atoms with E-state index in [9.17, 15) is 13.2 Å². The fourth-order valence-electron chi connectivity index (χ4n) is 2.68. The molecule has 28 heavy (non-hydrogen) atoms. The minimum atomic E-state index is -3.22. The van der Waals surface area contributed by atoms with E-state index < -0.39 is 10.0 Å². The summed E-state index contributed by atoms with van der Waals surface area (Å²) in [4.78, 5) is 16.4. The first-order valence-electron chi connectivity index (χ1n) is 8.76. The number of hydrogen-bond acceptors (Lipinski definition) is 5. The molecule has 1 aromatic carbocycles. The van der Waals surface area contributed by atoms with Gasteiger partial charge in [-0.1, -0.05) is 17.7 Å². The number of sulfonamides is 1. The number of furan rings is 1. The maximum Gasteiger partial charge on any atom is 0.268 e. The number of rotatable bonds is 8. The number of carbonyl (C=O) groups is 1. The first-order valence-corrected chi connectivity index (χ1v) is 11.5. The van der Waals surface area contributed by atoms with E-state index in [2.05, 4.69) is 4.72 Å². The van der Waals surface area contributed by atoms with Crippen LogP contribution in [-0.4, -0.2) is 27.1 Å². The molecule has 0 saturated carbocycles. The van der Waals surface area contributed by atoms with Crippen molar-refractivity contribution in [1.29, 1.82) is 0 Å². The quantitative estimate of drug-likeness (QED) is 0.606. The van der Waals surface area contributed by atoms with Gasteiger partial charge in [0, 0.05) is 17.1 Å². The first-order chi connectivity index (χ1) is 13.3. The third kappa shape index (κ3) is 5.54. The average molecular weight is 419 g/mol. The predicted octanol–water partition coefficient (Wildman–Crippen LogP) is 3.59. The Balaban J connectivity index is 1.78. The van der Waals surface area contributed by atoms with E-state index in [0.717, 1.165) is 22.4 Å². The summed E-state index contributed by atoms with van der Waals surface area (Å²) in [5, 5.41) is 0. The molecule has 0 radical (unpaired) electrons. The zero-order chi connectivity index (χ0) is 20.1. The molecule has 0 unspecified atom stereocenters. The Morgan fingerprint density at radius 3 is 2.54 bits per heavy atom. The van der Waals surface area contributed by atoms with Gasteiger partial charge >= 0.3 is 0 Å². The van der Waals surface area contributed by atoms with E-state index in [1.165, 1.54) is 11.3 Å². The zero-order valence-corrected chi connectivity index (χ0v) is 17.3. The largest absolute Gasteiger partial charge is 0.467 e. The number of aryl methyl sites for hydroxylation is 1. The van der Waals surface area contributed by atoms with Gasteiger partial charge in [-0.15, -0.1) is 11.3 Å². The summed E-state index contributed by atoms with van der Waals surface area (Å²) in [6, 6.07) is 15.1. The van der Waals surface area contributed by atoms with Gasteiger partial charge in [0.1, 0.15) is 5.76 Å². The van der Waals surface area contributed by atoms with Gasteiger partial charge in [0.2, 0.25) is 10.0 Å². The number of anilines is 1. The molecule has 0 fully saturated rings. The van der Waals surface area contributed by atoms with Gasteiger partial charge in [0.25, 0.3) is 5.91 Å². The lowest BCUT2D eigenvalue weighted by Crippen LogP contribution is -2.29. The molecule has 3 rings (SSSR count). The van der Waals surface area contributed by atoms with Crippen molar-refractivity contribution in [3.8, 4) is 0 Å². The lowest BCUT2D eigenvalue weighted by atomic mass is 10.2. The van der Waals surface area contributed by atoms with E-state index >= 15 is 0 Å². The molecule has 1 N–H and O–H groups in total. The number of carbonyl (C=O) groups excluding carboxylic acids is 1. The summed E-state index contributed by atoms with van der Waals surface area (Å²) < 4.78 is 30.3. The minimum absolute atomic E-state index is 0.118. The number of nitrogens with one attached hydrogen (secondary N) is 1. The summed E-state index contributed by atoms with van der Waals surface area (Å²) in [5.41, 5.74) is 1.91. The molecule has 8 heteroatoms. The average Bonchev–Trinajstić information content (AvgIpc) is 3.31. The monoisotopic (exact) mass is 418 g/mol. The number of thiophene rings is 1. The van der Waals surface area contributed by atoms with Gasteiger partial charge < -0.3 is 9.32 Å². The van der Waals surface area contributed by atoms with Crippen LogP contribution < -0.4 is 9.62 Å². The van der Waals surface area contributed by atoms with Crippen LogP contribution in [0.1, 0.15) is 25.9 Å². The summed E-state index contributed by atoms with van der Waals surface area (Å²) in [6.07, 6.45) is 3.25. The van der Waals surface area contributed by atoms with Crippen LogP contribution in [0.5, 0.6) is 0 Å². The van der Waals surface area contributed by atoms with Gasteiger partial charge in [-0.05, 0) is 49.7 Å². The number of hydrogen-bond donors (Lipinski definition) is 1. The molecule has 0 aliphatic heterocycles. The fraction of sp³-hybridized carbons (Fsp3) is 0.250. The topological polar surface area (TPSA) is 79.6 Å². The highest BCUT2D eigenvalue weighted by Crippen LogP contribution is 2.25. The summed E-state index contributed by atoms with van der Waals surface area (Å²) in [6.45, 7) is 2.64. The van der Waals surface area contributed by atoms with Gasteiger partial charge in [0.15, 0.2) is 0 Å². The molecule has 0 aliphatic carbocycles. The summed E-state index contributed by atoms with van der Waals surface area (Å²) >= 11 is 1.37. The standard InChI is InChI=1S/C20H22N2O4S2/c1-15-5-7-16(8-6-15)22(14-17-4-3-13-26-17)20(23)19-10-9-18(27-19)11-12-21-28(2,24)25/h3-10,13,21H,11-12,14H2,1-2H3. The van der Waals surface area contributed by atoms with Gasteiger partial charge in [-0.2, -0.15) is 0 Å². The second-order valence-electron chi connectivity index (χ2n) is 6.49. The molecule has 2 heterocycles. The Kier molecular flexibility index (Phi) is 6.33. The Bertz CT molecular complexity index is 1020. The molecule has 3 aromatic rings. The molecule has 6 nitrogen and oxygen atoms in total. The molecule has 148 valence electrons. The maximum atomic E-state index is 13.2. The molecule has 0 atom stereocenters. The number of benzene rings is 1. The Morgan fingerprint density at radius 1 is 1.14 bits per heavy atom. The van der Waals surface area contributed by atoms with Crippen LogP contribution >= 0.6 is 11.3 Å². The smallest absolute Gasteiger partial charge is 0.268 e. The van der Waals surface area contributed by atoms with Crippen molar-refractivity contribution in [1.82, 2.24) is 4.72 Å². The third-order valence-electron chi connectivity index (χ3n) is 4.09. The van der Waals surface area contributed by atoms with E-state index in [-0.39, 0.29) is 5.91 Å². The van der Waals surface area contributed by atoms with E-state index in [1.807, 2.05) is 43.3 Å². The Morgan fingerprint density at radius 2 is 1.89 bits per heavy atom. The van der Waals surface area contributed by atoms with Crippen LogP contribution in [0.3, 0.4) is 0 Å². The molecule has 0 bridgehead atoms. The number of nitrogens with zero attached hydrogens (tertiary/aromatic N) is 1. The van der Waals surface area contributed by atoms with E-state index in [4.69, 9.17) is 4.42 Å². The van der Waals surface area contributed by atoms with Crippen molar-refractivity contribution in [2.24, 2.45) is 0 Å².